The van der Waals surface area contributed by atoms with Gasteiger partial charge in [-0.3, -0.25) is 4.79 Å². The highest BCUT2D eigenvalue weighted by molar-refractivity contribution is 5.85. The van der Waals surface area contributed by atoms with Crippen LogP contribution in [0.3, 0.4) is 0 Å². The summed E-state index contributed by atoms with van der Waals surface area (Å²) in [6.45, 7) is 7.34. The highest BCUT2D eigenvalue weighted by Gasteiger charge is 2.41. The number of hydrogen-bond acceptors (Lipinski definition) is 3. The second-order valence-corrected chi connectivity index (χ2v) is 6.39. The van der Waals surface area contributed by atoms with E-state index in [0.717, 1.165) is 24.8 Å². The Balaban J connectivity index is 2.32. The molecule has 0 aromatic rings. The Morgan fingerprint density at radius 2 is 1.95 bits per heavy atom. The van der Waals surface area contributed by atoms with Gasteiger partial charge < -0.3 is 9.84 Å². The number of carbonyl (C=O) groups is 2. The van der Waals surface area contributed by atoms with Gasteiger partial charge in [0, 0.05) is 12.5 Å². The minimum atomic E-state index is -0.863. The summed E-state index contributed by atoms with van der Waals surface area (Å²) in [6.07, 6.45) is 4.64. The van der Waals surface area contributed by atoms with Crippen molar-refractivity contribution in [2.24, 2.45) is 17.8 Å². The Bertz CT molecular complexity index is 515. The van der Waals surface area contributed by atoms with E-state index in [4.69, 9.17) is 9.84 Å². The molecule has 0 aromatic heterocycles. The molecule has 1 saturated carbocycles. The highest BCUT2D eigenvalue weighted by atomic mass is 16.5. The lowest BCUT2D eigenvalue weighted by Crippen LogP contribution is -2.24. The molecule has 2 aliphatic carbocycles. The first-order valence-electron chi connectivity index (χ1n) is 7.60. The summed E-state index contributed by atoms with van der Waals surface area (Å²) >= 11 is 0. The van der Waals surface area contributed by atoms with Crippen molar-refractivity contribution in [2.75, 3.05) is 0 Å². The number of hydrogen-bond donors (Lipinski definition) is 1. The van der Waals surface area contributed by atoms with Gasteiger partial charge in [-0.05, 0) is 56.4 Å². The third-order valence-electron chi connectivity index (χ3n) is 4.92. The lowest BCUT2D eigenvalue weighted by atomic mass is 9.71. The molecule has 1 fully saturated rings. The van der Waals surface area contributed by atoms with Crippen LogP contribution in [-0.4, -0.2) is 23.1 Å². The van der Waals surface area contributed by atoms with Crippen LogP contribution in [0.5, 0.6) is 0 Å². The SMILES string of the molecule is CC(=O)O[C@H]1C[C@@H]2C(=C1C)[C@H](/C=C(/C)C(=O)O)CC[C@@H]2C. The third-order valence-corrected chi connectivity index (χ3v) is 4.92. The summed E-state index contributed by atoms with van der Waals surface area (Å²) in [5, 5.41) is 9.09. The van der Waals surface area contributed by atoms with Gasteiger partial charge in [0.2, 0.25) is 0 Å². The van der Waals surface area contributed by atoms with E-state index in [2.05, 4.69) is 6.92 Å². The Kier molecular flexibility index (Phi) is 4.55. The van der Waals surface area contributed by atoms with Gasteiger partial charge in [-0.25, -0.2) is 4.79 Å². The maximum absolute atomic E-state index is 11.2. The minimum Gasteiger partial charge on any atom is -0.478 e. The second kappa shape index (κ2) is 6.04. The van der Waals surface area contributed by atoms with Gasteiger partial charge in [-0.2, -0.15) is 0 Å². The van der Waals surface area contributed by atoms with Crippen LogP contribution in [0.4, 0.5) is 0 Å². The van der Waals surface area contributed by atoms with Crippen LogP contribution in [0.1, 0.15) is 47.0 Å². The molecule has 4 atom stereocenters. The summed E-state index contributed by atoms with van der Waals surface area (Å²) in [5.74, 6) is 0.0251. The molecule has 0 heterocycles. The van der Waals surface area contributed by atoms with Crippen molar-refractivity contribution >= 4 is 11.9 Å². The van der Waals surface area contributed by atoms with Crippen LogP contribution in [0.15, 0.2) is 22.8 Å². The molecule has 2 aliphatic rings. The zero-order valence-electron chi connectivity index (χ0n) is 13.2. The molecule has 0 saturated heterocycles. The van der Waals surface area contributed by atoms with Gasteiger partial charge >= 0.3 is 11.9 Å². The van der Waals surface area contributed by atoms with E-state index in [1.807, 2.05) is 13.0 Å². The molecule has 4 nitrogen and oxygen atoms in total. The molecule has 0 unspecified atom stereocenters. The zero-order valence-corrected chi connectivity index (χ0v) is 13.2. The molecule has 21 heavy (non-hydrogen) atoms. The van der Waals surface area contributed by atoms with Gasteiger partial charge in [0.25, 0.3) is 0 Å². The first-order chi connectivity index (χ1) is 9.81. The molecule has 0 spiro atoms. The summed E-state index contributed by atoms with van der Waals surface area (Å²) in [7, 11) is 0. The van der Waals surface area contributed by atoms with Crippen LogP contribution in [0, 0.1) is 17.8 Å². The summed E-state index contributed by atoms with van der Waals surface area (Å²) in [6, 6.07) is 0. The van der Waals surface area contributed by atoms with Crippen LogP contribution in [0.25, 0.3) is 0 Å². The standard InChI is InChI=1S/C17H24O4/c1-9-5-6-13(7-10(2)17(19)20)16-11(3)15(8-14(9)16)21-12(4)18/h7,9,13-15H,5-6,8H2,1-4H3,(H,19,20)/b10-7-/t9-,13-,14-,15-/m0/s1. The van der Waals surface area contributed by atoms with Crippen LogP contribution in [-0.2, 0) is 14.3 Å². The van der Waals surface area contributed by atoms with Gasteiger partial charge in [0.1, 0.15) is 6.10 Å². The van der Waals surface area contributed by atoms with Crippen LogP contribution >= 0.6 is 0 Å². The van der Waals surface area contributed by atoms with Crippen molar-refractivity contribution in [1.82, 2.24) is 0 Å². The molecule has 0 aliphatic heterocycles. The van der Waals surface area contributed by atoms with E-state index in [9.17, 15) is 9.59 Å². The van der Waals surface area contributed by atoms with Crippen molar-refractivity contribution in [3.8, 4) is 0 Å². The van der Waals surface area contributed by atoms with Crippen molar-refractivity contribution < 1.29 is 19.4 Å². The average molecular weight is 292 g/mol. The van der Waals surface area contributed by atoms with Gasteiger partial charge in [-0.15, -0.1) is 0 Å². The number of ether oxygens (including phenoxy) is 1. The van der Waals surface area contributed by atoms with Gasteiger partial charge in [-0.1, -0.05) is 18.6 Å². The maximum Gasteiger partial charge on any atom is 0.330 e. The van der Waals surface area contributed by atoms with Crippen LogP contribution < -0.4 is 0 Å². The smallest absolute Gasteiger partial charge is 0.330 e. The van der Waals surface area contributed by atoms with Crippen molar-refractivity contribution in [1.29, 1.82) is 0 Å². The Hall–Kier alpha value is -1.58. The normalized spacial score (nSPS) is 32.9. The van der Waals surface area contributed by atoms with Gasteiger partial charge in [0.05, 0.1) is 0 Å². The van der Waals surface area contributed by atoms with E-state index in [0.29, 0.717) is 17.4 Å². The van der Waals surface area contributed by atoms with E-state index in [1.54, 1.807) is 6.92 Å². The molecule has 2 rings (SSSR count). The number of carbonyl (C=O) groups excluding carboxylic acids is 1. The molecular weight excluding hydrogens is 268 g/mol. The van der Waals surface area contributed by atoms with E-state index in [-0.39, 0.29) is 18.0 Å². The molecule has 0 amide bonds. The predicted octanol–water partition coefficient (Wildman–Crippen LogP) is 3.33. The number of carboxylic acids is 1. The molecule has 1 N–H and O–H groups in total. The van der Waals surface area contributed by atoms with Crippen LogP contribution in [0.2, 0.25) is 0 Å². The first kappa shape index (κ1) is 15.8. The molecule has 116 valence electrons. The highest BCUT2D eigenvalue weighted by Crippen LogP contribution is 2.49. The monoisotopic (exact) mass is 292 g/mol. The lowest BCUT2D eigenvalue weighted by Gasteiger charge is -2.33. The van der Waals surface area contributed by atoms with E-state index in [1.165, 1.54) is 12.5 Å². The first-order valence-corrected chi connectivity index (χ1v) is 7.60. The van der Waals surface area contributed by atoms with E-state index < -0.39 is 5.97 Å². The summed E-state index contributed by atoms with van der Waals surface area (Å²) in [4.78, 5) is 22.3. The number of allylic oxidation sites excluding steroid dienone is 2. The summed E-state index contributed by atoms with van der Waals surface area (Å²) < 4.78 is 5.43. The van der Waals surface area contributed by atoms with Crippen molar-refractivity contribution in [3.63, 3.8) is 0 Å². The lowest BCUT2D eigenvalue weighted by molar-refractivity contribution is -0.144. The second-order valence-electron chi connectivity index (χ2n) is 6.39. The number of rotatable bonds is 3. The molecule has 0 radical (unpaired) electrons. The number of esters is 1. The fourth-order valence-corrected chi connectivity index (χ4v) is 3.80. The number of carboxylic acid groups (broad SMARTS) is 1. The largest absolute Gasteiger partial charge is 0.478 e. The topological polar surface area (TPSA) is 63.6 Å². The molecule has 0 bridgehead atoms. The molecular formula is C17H24O4. The number of aliphatic carboxylic acids is 1. The third kappa shape index (κ3) is 3.20. The fourth-order valence-electron chi connectivity index (χ4n) is 3.80. The quantitative estimate of drug-likeness (QED) is 0.492. The summed E-state index contributed by atoms with van der Waals surface area (Å²) in [5.41, 5.74) is 2.83. The predicted molar refractivity (Wildman–Crippen MR) is 79.6 cm³/mol. The molecule has 4 heteroatoms. The Morgan fingerprint density at radius 3 is 2.52 bits per heavy atom. The fraction of sp³-hybridized carbons (Fsp3) is 0.647. The average Bonchev–Trinajstić information content (AvgIpc) is 2.71. The Labute approximate surface area is 125 Å². The maximum atomic E-state index is 11.2. The number of fused-ring (bicyclic) bond motifs is 1. The Morgan fingerprint density at radius 1 is 1.29 bits per heavy atom. The van der Waals surface area contributed by atoms with Gasteiger partial charge in [0.15, 0.2) is 0 Å². The minimum absolute atomic E-state index is 0.135. The zero-order chi connectivity index (χ0) is 15.7. The van der Waals surface area contributed by atoms with E-state index >= 15 is 0 Å². The van der Waals surface area contributed by atoms with Crippen molar-refractivity contribution in [2.45, 2.75) is 53.1 Å². The van der Waals surface area contributed by atoms with Crippen molar-refractivity contribution in [3.05, 3.63) is 22.8 Å². The molecule has 0 aromatic carbocycles.